The molecule has 1 heterocycles. The van der Waals surface area contributed by atoms with Crippen molar-refractivity contribution >= 4 is 6.21 Å². The molecular formula is C6H12N4O. The standard InChI is InChI=1S/C6H12N4O/c1-6(2)9(11)10-7-4-3-5-8-10/h3-7,11H,1-2H3. The molecular weight excluding hydrogens is 144 g/mol. The zero-order chi connectivity index (χ0) is 8.27. The lowest BCUT2D eigenvalue weighted by molar-refractivity contribution is -0.282. The van der Waals surface area contributed by atoms with Crippen LogP contribution in [0.4, 0.5) is 0 Å². The summed E-state index contributed by atoms with van der Waals surface area (Å²) in [6.45, 7) is 3.71. The third-order valence-electron chi connectivity index (χ3n) is 1.20. The van der Waals surface area contributed by atoms with Gasteiger partial charge in [-0.2, -0.15) is 0 Å². The molecule has 11 heavy (non-hydrogen) atoms. The summed E-state index contributed by atoms with van der Waals surface area (Å²) in [5, 5.41) is 15.4. The predicted molar refractivity (Wildman–Crippen MR) is 41.4 cm³/mol. The Morgan fingerprint density at radius 3 is 2.82 bits per heavy atom. The molecule has 0 aliphatic carbocycles. The highest BCUT2D eigenvalue weighted by Gasteiger charge is 2.13. The van der Waals surface area contributed by atoms with E-state index in [9.17, 15) is 5.21 Å². The number of nitrogens with one attached hydrogen (secondary N) is 1. The number of allylic oxidation sites excluding steroid dienone is 1. The molecule has 0 radical (unpaired) electrons. The quantitative estimate of drug-likeness (QED) is 0.565. The van der Waals surface area contributed by atoms with Crippen molar-refractivity contribution in [1.29, 1.82) is 0 Å². The van der Waals surface area contributed by atoms with Crippen LogP contribution in [0.25, 0.3) is 0 Å². The van der Waals surface area contributed by atoms with Crippen LogP contribution in [0, 0.1) is 0 Å². The molecule has 2 N–H and O–H groups in total. The lowest BCUT2D eigenvalue weighted by Crippen LogP contribution is -2.47. The second-order valence-corrected chi connectivity index (χ2v) is 2.46. The Labute approximate surface area is 65.5 Å². The van der Waals surface area contributed by atoms with Gasteiger partial charge in [0, 0.05) is 6.20 Å². The summed E-state index contributed by atoms with van der Waals surface area (Å²) in [7, 11) is 0. The van der Waals surface area contributed by atoms with Crippen molar-refractivity contribution in [3.8, 4) is 0 Å². The normalized spacial score (nSPS) is 16.3. The van der Waals surface area contributed by atoms with E-state index in [0.29, 0.717) is 0 Å². The van der Waals surface area contributed by atoms with Gasteiger partial charge in [0.15, 0.2) is 0 Å². The van der Waals surface area contributed by atoms with Gasteiger partial charge in [-0.15, -0.1) is 10.3 Å². The van der Waals surface area contributed by atoms with Crippen LogP contribution >= 0.6 is 0 Å². The van der Waals surface area contributed by atoms with Gasteiger partial charge in [-0.05, 0) is 19.9 Å². The van der Waals surface area contributed by atoms with Crippen molar-refractivity contribution in [1.82, 2.24) is 15.8 Å². The second-order valence-electron chi connectivity index (χ2n) is 2.46. The Kier molecular flexibility index (Phi) is 2.45. The van der Waals surface area contributed by atoms with Gasteiger partial charge in [-0.3, -0.25) is 10.6 Å². The number of hydrazine groups is 2. The molecule has 62 valence electrons. The fraction of sp³-hybridized carbons (Fsp3) is 0.500. The van der Waals surface area contributed by atoms with E-state index < -0.39 is 0 Å². The summed E-state index contributed by atoms with van der Waals surface area (Å²) in [6.07, 6.45) is 5.01. The SMILES string of the molecule is CC(C)N(O)N1N=CC=CN1. The molecule has 0 bridgehead atoms. The molecule has 0 amide bonds. The first kappa shape index (κ1) is 8.03. The summed E-state index contributed by atoms with van der Waals surface area (Å²) >= 11 is 0. The third kappa shape index (κ3) is 1.92. The van der Waals surface area contributed by atoms with Crippen LogP contribution in [-0.4, -0.2) is 27.9 Å². The monoisotopic (exact) mass is 156 g/mol. The van der Waals surface area contributed by atoms with E-state index in [-0.39, 0.29) is 6.04 Å². The van der Waals surface area contributed by atoms with E-state index in [2.05, 4.69) is 10.5 Å². The molecule has 1 aliphatic rings. The lowest BCUT2D eigenvalue weighted by atomic mass is 10.4. The molecule has 1 rings (SSSR count). The summed E-state index contributed by atoms with van der Waals surface area (Å²) in [6, 6.07) is -0.00819. The van der Waals surface area contributed by atoms with Gasteiger partial charge < -0.3 is 0 Å². The van der Waals surface area contributed by atoms with Crippen LogP contribution in [0.2, 0.25) is 0 Å². The lowest BCUT2D eigenvalue weighted by Gasteiger charge is -2.29. The number of hydrazone groups is 1. The summed E-state index contributed by atoms with van der Waals surface area (Å²) in [5.74, 6) is 0. The first-order valence-electron chi connectivity index (χ1n) is 3.45. The van der Waals surface area contributed by atoms with E-state index >= 15 is 0 Å². The maximum atomic E-state index is 9.30. The van der Waals surface area contributed by atoms with Crippen LogP contribution in [0.15, 0.2) is 17.4 Å². The fourth-order valence-corrected chi connectivity index (χ4v) is 0.619. The van der Waals surface area contributed by atoms with Gasteiger partial charge in [-0.1, -0.05) is 5.17 Å². The first-order valence-corrected chi connectivity index (χ1v) is 3.45. The van der Waals surface area contributed by atoms with Crippen LogP contribution < -0.4 is 5.43 Å². The summed E-state index contributed by atoms with van der Waals surface area (Å²) in [4.78, 5) is 0. The number of nitrogens with zero attached hydrogens (tertiary/aromatic N) is 3. The van der Waals surface area contributed by atoms with E-state index in [0.717, 1.165) is 5.17 Å². The van der Waals surface area contributed by atoms with Crippen molar-refractivity contribution < 1.29 is 5.21 Å². The van der Waals surface area contributed by atoms with Crippen LogP contribution in [0.1, 0.15) is 13.8 Å². The maximum absolute atomic E-state index is 9.30. The Hall–Kier alpha value is -1.07. The molecule has 0 unspecified atom stereocenters. The fourth-order valence-electron chi connectivity index (χ4n) is 0.619. The first-order chi connectivity index (χ1) is 5.22. The molecule has 5 heteroatoms. The van der Waals surface area contributed by atoms with Crippen molar-refractivity contribution in [2.75, 3.05) is 0 Å². The molecule has 1 aliphatic heterocycles. The van der Waals surface area contributed by atoms with E-state index in [1.807, 2.05) is 13.8 Å². The number of rotatable bonds is 2. The average Bonchev–Trinajstić information content (AvgIpc) is 2.05. The number of hydroxylamine groups is 1. The Balaban J connectivity index is 2.48. The third-order valence-corrected chi connectivity index (χ3v) is 1.20. The zero-order valence-corrected chi connectivity index (χ0v) is 6.60. The predicted octanol–water partition coefficient (Wildman–Crippen LogP) is 0.321. The van der Waals surface area contributed by atoms with Crippen LogP contribution in [0.5, 0.6) is 0 Å². The molecule has 0 saturated carbocycles. The van der Waals surface area contributed by atoms with Gasteiger partial charge in [0.25, 0.3) is 0 Å². The van der Waals surface area contributed by atoms with E-state index in [1.54, 1.807) is 18.5 Å². The largest absolute Gasteiger partial charge is 0.292 e. The molecule has 0 fully saturated rings. The zero-order valence-electron chi connectivity index (χ0n) is 6.60. The highest BCUT2D eigenvalue weighted by molar-refractivity contribution is 5.70. The molecule has 5 nitrogen and oxygen atoms in total. The van der Waals surface area contributed by atoms with Crippen LogP contribution in [-0.2, 0) is 0 Å². The number of hydrogen-bond donors (Lipinski definition) is 2. The van der Waals surface area contributed by atoms with E-state index in [1.165, 1.54) is 5.23 Å². The topological polar surface area (TPSA) is 51.1 Å². The van der Waals surface area contributed by atoms with Crippen molar-refractivity contribution in [3.63, 3.8) is 0 Å². The summed E-state index contributed by atoms with van der Waals surface area (Å²) < 4.78 is 0. The molecule has 0 saturated heterocycles. The highest BCUT2D eigenvalue weighted by atomic mass is 16.6. The Bertz CT molecular complexity index is 177. The minimum absolute atomic E-state index is 0.00819. The van der Waals surface area contributed by atoms with Gasteiger partial charge in [0.05, 0.1) is 12.3 Å². The number of hydrogen-bond acceptors (Lipinski definition) is 5. The van der Waals surface area contributed by atoms with Crippen LogP contribution in [0.3, 0.4) is 0 Å². The molecule has 0 spiro atoms. The van der Waals surface area contributed by atoms with Gasteiger partial charge in [-0.25, -0.2) is 0 Å². The molecule has 0 atom stereocenters. The van der Waals surface area contributed by atoms with E-state index in [4.69, 9.17) is 0 Å². The van der Waals surface area contributed by atoms with Gasteiger partial charge in [0.1, 0.15) is 0 Å². The Morgan fingerprint density at radius 2 is 2.36 bits per heavy atom. The van der Waals surface area contributed by atoms with Crippen molar-refractivity contribution in [2.24, 2.45) is 5.10 Å². The molecule has 0 aromatic heterocycles. The average molecular weight is 156 g/mol. The smallest absolute Gasteiger partial charge is 0.0543 e. The second kappa shape index (κ2) is 3.36. The van der Waals surface area contributed by atoms with Crippen molar-refractivity contribution in [3.05, 3.63) is 12.3 Å². The summed E-state index contributed by atoms with van der Waals surface area (Å²) in [5.41, 5.74) is 2.73. The maximum Gasteiger partial charge on any atom is 0.0543 e. The van der Waals surface area contributed by atoms with Gasteiger partial charge in [0.2, 0.25) is 0 Å². The Morgan fingerprint density at radius 1 is 1.64 bits per heavy atom. The minimum Gasteiger partial charge on any atom is -0.292 e. The highest BCUT2D eigenvalue weighted by Crippen LogP contribution is 1.99. The van der Waals surface area contributed by atoms with Gasteiger partial charge >= 0.3 is 0 Å². The minimum atomic E-state index is -0.00819. The van der Waals surface area contributed by atoms with Crippen molar-refractivity contribution in [2.45, 2.75) is 19.9 Å². The molecule has 0 aromatic carbocycles. The molecule has 0 aromatic rings.